The lowest BCUT2D eigenvalue weighted by Crippen LogP contribution is -2.38. The van der Waals surface area contributed by atoms with Crippen molar-refractivity contribution < 1.29 is 26.7 Å². The highest BCUT2D eigenvalue weighted by molar-refractivity contribution is 5.94. The van der Waals surface area contributed by atoms with E-state index in [2.05, 4.69) is 0 Å². The number of amides is 1. The van der Waals surface area contributed by atoms with Crippen LogP contribution in [0.4, 0.5) is 22.0 Å². The molecule has 1 aromatic rings. The Morgan fingerprint density at radius 1 is 1.05 bits per heavy atom. The first kappa shape index (κ1) is 17.4. The molecule has 3 nitrogen and oxygen atoms in total. The van der Waals surface area contributed by atoms with Gasteiger partial charge in [-0.2, -0.15) is 0 Å². The van der Waals surface area contributed by atoms with Gasteiger partial charge in [0, 0.05) is 13.1 Å². The second kappa shape index (κ2) is 6.84. The first-order chi connectivity index (χ1) is 9.76. The molecule has 0 aliphatic carbocycles. The predicted molar refractivity (Wildman–Crippen MR) is 66.0 cm³/mol. The zero-order chi connectivity index (χ0) is 16.3. The van der Waals surface area contributed by atoms with E-state index in [0.29, 0.717) is 0 Å². The van der Waals surface area contributed by atoms with Crippen LogP contribution in [0.3, 0.4) is 0 Å². The number of hydrogen-bond donors (Lipinski definition) is 1. The Morgan fingerprint density at radius 2 is 1.48 bits per heavy atom. The summed E-state index contributed by atoms with van der Waals surface area (Å²) in [5, 5.41) is 0. The summed E-state index contributed by atoms with van der Waals surface area (Å²) >= 11 is 0. The molecule has 0 aromatic heterocycles. The van der Waals surface area contributed by atoms with E-state index < -0.39 is 40.6 Å². The third-order valence-electron chi connectivity index (χ3n) is 3.03. The number of hydrogen-bond acceptors (Lipinski definition) is 2. The second-order valence-electron chi connectivity index (χ2n) is 4.63. The molecular formula is C13H15F5N2O. The zero-order valence-electron chi connectivity index (χ0n) is 11.5. The molecule has 21 heavy (non-hydrogen) atoms. The van der Waals surface area contributed by atoms with E-state index in [0.717, 1.165) is 4.90 Å². The minimum Gasteiger partial charge on any atom is -0.338 e. The maximum Gasteiger partial charge on any atom is 0.260 e. The van der Waals surface area contributed by atoms with Crippen LogP contribution in [0.15, 0.2) is 0 Å². The summed E-state index contributed by atoms with van der Waals surface area (Å²) < 4.78 is 66.3. The van der Waals surface area contributed by atoms with Crippen molar-refractivity contribution in [2.24, 2.45) is 11.7 Å². The van der Waals surface area contributed by atoms with Crippen LogP contribution in [0.1, 0.15) is 24.2 Å². The largest absolute Gasteiger partial charge is 0.338 e. The number of benzene rings is 1. The van der Waals surface area contributed by atoms with Crippen molar-refractivity contribution in [3.8, 4) is 0 Å². The summed E-state index contributed by atoms with van der Waals surface area (Å²) in [5.41, 5.74) is 3.94. The average molecular weight is 310 g/mol. The van der Waals surface area contributed by atoms with Crippen LogP contribution in [0.2, 0.25) is 0 Å². The van der Waals surface area contributed by atoms with Gasteiger partial charge in [-0.15, -0.1) is 0 Å². The summed E-state index contributed by atoms with van der Waals surface area (Å²) in [6, 6.07) is 0. The molecule has 0 saturated carbocycles. The first-order valence-corrected chi connectivity index (χ1v) is 6.26. The van der Waals surface area contributed by atoms with Crippen LogP contribution >= 0.6 is 0 Å². The molecule has 0 radical (unpaired) electrons. The van der Waals surface area contributed by atoms with Crippen molar-refractivity contribution in [1.82, 2.24) is 4.90 Å². The zero-order valence-corrected chi connectivity index (χ0v) is 11.5. The summed E-state index contributed by atoms with van der Waals surface area (Å²) in [6.45, 7) is 3.51. The molecule has 0 spiro atoms. The van der Waals surface area contributed by atoms with Crippen LogP contribution < -0.4 is 5.73 Å². The fraction of sp³-hybridized carbons (Fsp3) is 0.462. The van der Waals surface area contributed by atoms with E-state index in [9.17, 15) is 26.7 Å². The average Bonchev–Trinajstić information content (AvgIpc) is 2.48. The number of carbonyl (C=O) groups is 1. The van der Waals surface area contributed by atoms with E-state index in [4.69, 9.17) is 5.73 Å². The quantitative estimate of drug-likeness (QED) is 0.516. The molecule has 1 atom stereocenters. The van der Waals surface area contributed by atoms with E-state index in [1.165, 1.54) is 6.92 Å². The fourth-order valence-electron chi connectivity index (χ4n) is 1.76. The van der Waals surface area contributed by atoms with Gasteiger partial charge < -0.3 is 10.6 Å². The van der Waals surface area contributed by atoms with Gasteiger partial charge in [-0.25, -0.2) is 22.0 Å². The van der Waals surface area contributed by atoms with E-state index in [-0.39, 0.29) is 25.6 Å². The predicted octanol–water partition coefficient (Wildman–Crippen LogP) is 2.44. The van der Waals surface area contributed by atoms with Crippen LogP contribution in [0.25, 0.3) is 0 Å². The Bertz CT molecular complexity index is 521. The Balaban J connectivity index is 3.29. The van der Waals surface area contributed by atoms with E-state index in [1.807, 2.05) is 0 Å². The van der Waals surface area contributed by atoms with Gasteiger partial charge in [0.2, 0.25) is 5.82 Å². The number of carbonyl (C=O) groups excluding carboxylic acids is 1. The second-order valence-corrected chi connectivity index (χ2v) is 4.63. The molecule has 0 bridgehead atoms. The maximum absolute atomic E-state index is 13.6. The Labute approximate surface area is 118 Å². The molecule has 0 fully saturated rings. The molecule has 0 saturated heterocycles. The minimum atomic E-state index is -2.29. The normalized spacial score (nSPS) is 12.4. The van der Waals surface area contributed by atoms with Crippen molar-refractivity contribution in [1.29, 1.82) is 0 Å². The van der Waals surface area contributed by atoms with Crippen molar-refractivity contribution in [3.05, 3.63) is 34.6 Å². The third kappa shape index (κ3) is 3.31. The Morgan fingerprint density at radius 3 is 1.86 bits per heavy atom. The molecular weight excluding hydrogens is 295 g/mol. The van der Waals surface area contributed by atoms with E-state index in [1.54, 1.807) is 6.92 Å². The summed E-state index contributed by atoms with van der Waals surface area (Å²) in [7, 11) is 0. The Hall–Kier alpha value is -1.70. The van der Waals surface area contributed by atoms with Gasteiger partial charge in [0.1, 0.15) is 5.56 Å². The molecule has 8 heteroatoms. The molecule has 1 aromatic carbocycles. The van der Waals surface area contributed by atoms with Gasteiger partial charge >= 0.3 is 0 Å². The highest BCUT2D eigenvalue weighted by Crippen LogP contribution is 2.24. The molecule has 0 aliphatic rings. The standard InChI is InChI=1S/C13H15F5N2O/c1-3-20(5-6(2)4-19)13(21)7-8(14)10(16)12(18)11(17)9(7)15/h6H,3-5,19H2,1-2H3. The van der Waals surface area contributed by atoms with Crippen molar-refractivity contribution in [3.63, 3.8) is 0 Å². The summed E-state index contributed by atoms with van der Waals surface area (Å²) in [5.74, 6) is -12.3. The van der Waals surface area contributed by atoms with Crippen LogP contribution in [-0.4, -0.2) is 30.4 Å². The van der Waals surface area contributed by atoms with Crippen molar-refractivity contribution in [2.75, 3.05) is 19.6 Å². The van der Waals surface area contributed by atoms with Gasteiger partial charge in [-0.3, -0.25) is 4.79 Å². The number of nitrogens with zero attached hydrogens (tertiary/aromatic N) is 1. The minimum absolute atomic E-state index is 0.0443. The summed E-state index contributed by atoms with van der Waals surface area (Å²) in [6.07, 6.45) is 0. The molecule has 0 heterocycles. The smallest absolute Gasteiger partial charge is 0.260 e. The monoisotopic (exact) mass is 310 g/mol. The highest BCUT2D eigenvalue weighted by Gasteiger charge is 2.32. The lowest BCUT2D eigenvalue weighted by Gasteiger charge is -2.24. The topological polar surface area (TPSA) is 46.3 Å². The molecule has 1 unspecified atom stereocenters. The van der Waals surface area contributed by atoms with Crippen LogP contribution in [0.5, 0.6) is 0 Å². The van der Waals surface area contributed by atoms with Gasteiger partial charge in [-0.05, 0) is 19.4 Å². The molecule has 1 rings (SSSR count). The number of halogens is 5. The third-order valence-corrected chi connectivity index (χ3v) is 3.03. The van der Waals surface area contributed by atoms with Gasteiger partial charge in [0.25, 0.3) is 5.91 Å². The Kier molecular flexibility index (Phi) is 5.65. The van der Waals surface area contributed by atoms with Gasteiger partial charge in [-0.1, -0.05) is 6.92 Å². The highest BCUT2D eigenvalue weighted by atomic mass is 19.2. The van der Waals surface area contributed by atoms with Crippen molar-refractivity contribution in [2.45, 2.75) is 13.8 Å². The van der Waals surface area contributed by atoms with E-state index >= 15 is 0 Å². The van der Waals surface area contributed by atoms with Crippen LogP contribution in [0, 0.1) is 35.0 Å². The SMILES string of the molecule is CCN(CC(C)CN)C(=O)c1c(F)c(F)c(F)c(F)c1F. The summed E-state index contributed by atoms with van der Waals surface area (Å²) in [4.78, 5) is 13.0. The van der Waals surface area contributed by atoms with Gasteiger partial charge in [0.15, 0.2) is 23.3 Å². The molecule has 1 amide bonds. The van der Waals surface area contributed by atoms with Gasteiger partial charge in [0.05, 0.1) is 0 Å². The fourth-order valence-corrected chi connectivity index (χ4v) is 1.76. The molecule has 2 N–H and O–H groups in total. The van der Waals surface area contributed by atoms with Crippen molar-refractivity contribution >= 4 is 5.91 Å². The molecule has 118 valence electrons. The lowest BCUT2D eigenvalue weighted by atomic mass is 10.1. The number of nitrogens with two attached hydrogens (primary N) is 1. The molecule has 0 aliphatic heterocycles. The maximum atomic E-state index is 13.6. The number of rotatable bonds is 5. The van der Waals surface area contributed by atoms with Crippen LogP contribution in [-0.2, 0) is 0 Å². The first-order valence-electron chi connectivity index (χ1n) is 6.26. The lowest BCUT2D eigenvalue weighted by molar-refractivity contribution is 0.0730.